The lowest BCUT2D eigenvalue weighted by molar-refractivity contribution is 0.0988. The van der Waals surface area contributed by atoms with Gasteiger partial charge in [0.05, 0.1) is 5.75 Å². The van der Waals surface area contributed by atoms with E-state index >= 15 is 0 Å². The summed E-state index contributed by atoms with van der Waals surface area (Å²) in [5.74, 6) is -0.145. The molecule has 2 rings (SSSR count). The molecule has 0 fully saturated rings. The van der Waals surface area contributed by atoms with Gasteiger partial charge >= 0.3 is 0 Å². The van der Waals surface area contributed by atoms with E-state index in [-0.39, 0.29) is 18.0 Å². The second kappa shape index (κ2) is 4.61. The molecule has 0 N–H and O–H groups in total. The molecule has 17 heavy (non-hydrogen) atoms. The molecule has 0 saturated heterocycles. The zero-order valence-electron chi connectivity index (χ0n) is 9.90. The van der Waals surface area contributed by atoms with Gasteiger partial charge in [-0.3, -0.25) is 4.79 Å². The van der Waals surface area contributed by atoms with Gasteiger partial charge in [0.1, 0.15) is 9.84 Å². The van der Waals surface area contributed by atoms with Crippen LogP contribution in [0.4, 0.5) is 0 Å². The molecule has 0 amide bonds. The number of fused-ring (bicyclic) bond motifs is 1. The van der Waals surface area contributed by atoms with E-state index in [0.29, 0.717) is 5.56 Å². The van der Waals surface area contributed by atoms with Gasteiger partial charge in [0.15, 0.2) is 5.78 Å². The molecule has 0 saturated carbocycles. The first kappa shape index (κ1) is 12.3. The molecule has 4 heteroatoms. The minimum absolute atomic E-state index is 0.0665. The van der Waals surface area contributed by atoms with Crippen molar-refractivity contribution in [3.8, 4) is 0 Å². The highest BCUT2D eigenvalue weighted by molar-refractivity contribution is 7.90. The number of ketones is 1. The molecule has 1 aliphatic carbocycles. The summed E-state index contributed by atoms with van der Waals surface area (Å²) < 4.78 is 22.0. The van der Waals surface area contributed by atoms with Gasteiger partial charge in [-0.05, 0) is 36.5 Å². The van der Waals surface area contributed by atoms with Crippen LogP contribution in [0.2, 0.25) is 0 Å². The average Bonchev–Trinajstić information content (AvgIpc) is 2.71. The van der Waals surface area contributed by atoms with Crippen molar-refractivity contribution in [2.75, 3.05) is 12.0 Å². The van der Waals surface area contributed by atoms with Crippen LogP contribution < -0.4 is 0 Å². The van der Waals surface area contributed by atoms with Crippen molar-refractivity contribution >= 4 is 15.6 Å². The highest BCUT2D eigenvalue weighted by Gasteiger charge is 2.15. The predicted octanol–water partition coefficient (Wildman–Crippen LogP) is 1.79. The first-order valence-electron chi connectivity index (χ1n) is 5.78. The summed E-state index contributed by atoms with van der Waals surface area (Å²) in [6.45, 7) is 0. The van der Waals surface area contributed by atoms with Crippen LogP contribution in [0.1, 0.15) is 34.3 Å². The minimum atomic E-state index is -3.06. The molecule has 0 unspecified atom stereocenters. The summed E-state index contributed by atoms with van der Waals surface area (Å²) in [7, 11) is -3.06. The van der Waals surface area contributed by atoms with E-state index in [0.717, 1.165) is 25.5 Å². The number of carbonyl (C=O) groups is 1. The highest BCUT2D eigenvalue weighted by atomic mass is 32.2. The van der Waals surface area contributed by atoms with Gasteiger partial charge in [-0.15, -0.1) is 0 Å². The smallest absolute Gasteiger partial charge is 0.163 e. The molecular formula is C13H16O3S. The van der Waals surface area contributed by atoms with Crippen LogP contribution in [0, 0.1) is 0 Å². The van der Waals surface area contributed by atoms with Gasteiger partial charge < -0.3 is 0 Å². The second-order valence-corrected chi connectivity index (χ2v) is 6.90. The Morgan fingerprint density at radius 1 is 1.24 bits per heavy atom. The molecule has 0 bridgehead atoms. The first-order valence-corrected chi connectivity index (χ1v) is 7.84. The van der Waals surface area contributed by atoms with Crippen LogP contribution in [0.25, 0.3) is 0 Å². The van der Waals surface area contributed by atoms with E-state index in [9.17, 15) is 13.2 Å². The monoisotopic (exact) mass is 252 g/mol. The maximum atomic E-state index is 11.8. The van der Waals surface area contributed by atoms with Crippen molar-refractivity contribution in [2.24, 2.45) is 0 Å². The Kier molecular flexibility index (Phi) is 3.33. The lowest BCUT2D eigenvalue weighted by atomic mass is 10.0. The van der Waals surface area contributed by atoms with Crippen molar-refractivity contribution in [1.82, 2.24) is 0 Å². The standard InChI is InChI=1S/C13H16O3S/c1-17(15,16)8-7-13(14)12-6-5-10-3-2-4-11(10)9-12/h5-6,9H,2-4,7-8H2,1H3. The zero-order chi connectivity index (χ0) is 12.5. The van der Waals surface area contributed by atoms with Gasteiger partial charge in [0.25, 0.3) is 0 Å². The van der Waals surface area contributed by atoms with Gasteiger partial charge in [-0.2, -0.15) is 0 Å². The Morgan fingerprint density at radius 2 is 1.94 bits per heavy atom. The summed E-state index contributed by atoms with van der Waals surface area (Å²) in [5.41, 5.74) is 3.22. The number of hydrogen-bond acceptors (Lipinski definition) is 3. The summed E-state index contributed by atoms with van der Waals surface area (Å²) in [6, 6.07) is 5.73. The van der Waals surface area contributed by atoms with E-state index in [1.807, 2.05) is 18.2 Å². The highest BCUT2D eigenvalue weighted by Crippen LogP contribution is 2.23. The maximum Gasteiger partial charge on any atom is 0.163 e. The molecule has 92 valence electrons. The molecule has 1 aromatic rings. The van der Waals surface area contributed by atoms with Gasteiger partial charge in [0.2, 0.25) is 0 Å². The van der Waals surface area contributed by atoms with Gasteiger partial charge in [0, 0.05) is 18.2 Å². The van der Waals surface area contributed by atoms with Crippen LogP contribution in [0.15, 0.2) is 18.2 Å². The Morgan fingerprint density at radius 3 is 2.65 bits per heavy atom. The van der Waals surface area contributed by atoms with Crippen molar-refractivity contribution < 1.29 is 13.2 Å². The first-order chi connectivity index (χ1) is 7.96. The van der Waals surface area contributed by atoms with Crippen molar-refractivity contribution in [2.45, 2.75) is 25.7 Å². The van der Waals surface area contributed by atoms with E-state index in [1.54, 1.807) is 0 Å². The average molecular weight is 252 g/mol. The molecule has 0 aliphatic heterocycles. The van der Waals surface area contributed by atoms with E-state index in [1.165, 1.54) is 11.1 Å². The summed E-state index contributed by atoms with van der Waals surface area (Å²) in [5, 5.41) is 0. The molecule has 0 heterocycles. The molecule has 0 radical (unpaired) electrons. The number of Topliss-reactive ketones (excluding diaryl/α,β-unsaturated/α-hetero) is 1. The van der Waals surface area contributed by atoms with E-state index < -0.39 is 9.84 Å². The lowest BCUT2D eigenvalue weighted by Gasteiger charge is -2.04. The van der Waals surface area contributed by atoms with Crippen LogP contribution in [0.3, 0.4) is 0 Å². The van der Waals surface area contributed by atoms with Crippen molar-refractivity contribution in [3.63, 3.8) is 0 Å². The van der Waals surface area contributed by atoms with Crippen LogP contribution in [-0.4, -0.2) is 26.2 Å². The minimum Gasteiger partial charge on any atom is -0.294 e. The maximum absolute atomic E-state index is 11.8. The Balaban J connectivity index is 2.10. The van der Waals surface area contributed by atoms with Gasteiger partial charge in [-0.25, -0.2) is 8.42 Å². The number of benzene rings is 1. The second-order valence-electron chi connectivity index (χ2n) is 4.64. The zero-order valence-corrected chi connectivity index (χ0v) is 10.7. The third kappa shape index (κ3) is 3.16. The SMILES string of the molecule is CS(=O)(=O)CCC(=O)c1ccc2c(c1)CCC2. The molecule has 0 aromatic heterocycles. The Hall–Kier alpha value is -1.16. The third-order valence-electron chi connectivity index (χ3n) is 3.12. The molecule has 1 aliphatic rings. The number of carbonyl (C=O) groups excluding carboxylic acids is 1. The van der Waals surface area contributed by atoms with E-state index in [2.05, 4.69) is 0 Å². The predicted molar refractivity (Wildman–Crippen MR) is 67.1 cm³/mol. The Bertz CT molecular complexity index is 544. The quantitative estimate of drug-likeness (QED) is 0.768. The molecule has 0 atom stereocenters. The Labute approximate surface area is 102 Å². The fourth-order valence-electron chi connectivity index (χ4n) is 2.17. The largest absolute Gasteiger partial charge is 0.294 e. The molecule has 1 aromatic carbocycles. The number of sulfone groups is 1. The topological polar surface area (TPSA) is 51.2 Å². The van der Waals surface area contributed by atoms with E-state index in [4.69, 9.17) is 0 Å². The number of aryl methyl sites for hydroxylation is 2. The van der Waals surface area contributed by atoms with Crippen molar-refractivity contribution in [3.05, 3.63) is 34.9 Å². The summed E-state index contributed by atoms with van der Waals surface area (Å²) in [6.07, 6.45) is 4.51. The summed E-state index contributed by atoms with van der Waals surface area (Å²) >= 11 is 0. The normalized spacial score (nSPS) is 14.6. The number of hydrogen-bond donors (Lipinski definition) is 0. The van der Waals surface area contributed by atoms with Crippen LogP contribution >= 0.6 is 0 Å². The molecular weight excluding hydrogens is 236 g/mol. The van der Waals surface area contributed by atoms with Gasteiger partial charge in [-0.1, -0.05) is 12.1 Å². The van der Waals surface area contributed by atoms with Crippen LogP contribution in [0.5, 0.6) is 0 Å². The lowest BCUT2D eigenvalue weighted by Crippen LogP contribution is -2.09. The fraction of sp³-hybridized carbons (Fsp3) is 0.462. The van der Waals surface area contributed by atoms with Crippen molar-refractivity contribution in [1.29, 1.82) is 0 Å². The number of rotatable bonds is 4. The fourth-order valence-corrected chi connectivity index (χ4v) is 2.72. The molecule has 3 nitrogen and oxygen atoms in total. The van der Waals surface area contributed by atoms with Crippen LogP contribution in [-0.2, 0) is 22.7 Å². The molecule has 0 spiro atoms. The third-order valence-corrected chi connectivity index (χ3v) is 4.07. The summed E-state index contributed by atoms with van der Waals surface area (Å²) in [4.78, 5) is 11.8.